The quantitative estimate of drug-likeness (QED) is 0.574. The van der Waals surface area contributed by atoms with Crippen molar-refractivity contribution in [2.45, 2.75) is 52.2 Å². The third kappa shape index (κ3) is 5.30. The number of nitrogens with zero attached hydrogens (tertiary/aromatic N) is 3. The maximum absolute atomic E-state index is 13.2. The fraction of sp³-hybridized carbons (Fsp3) is 0.385. The molecule has 0 saturated carbocycles. The highest BCUT2D eigenvalue weighted by atomic mass is 16.5. The molecule has 0 fully saturated rings. The van der Waals surface area contributed by atoms with Crippen molar-refractivity contribution in [3.05, 3.63) is 66.2 Å². The van der Waals surface area contributed by atoms with Crippen LogP contribution in [0.15, 0.2) is 55.0 Å². The van der Waals surface area contributed by atoms with Gasteiger partial charge in [0.1, 0.15) is 11.5 Å². The first-order valence-electron chi connectivity index (χ1n) is 11.3. The number of nitrogens with one attached hydrogen (secondary N) is 1. The van der Waals surface area contributed by atoms with Gasteiger partial charge in [-0.2, -0.15) is 0 Å². The molecule has 0 saturated heterocycles. The van der Waals surface area contributed by atoms with Gasteiger partial charge >= 0.3 is 0 Å². The van der Waals surface area contributed by atoms with E-state index in [-0.39, 0.29) is 17.4 Å². The number of hydrogen-bond acceptors (Lipinski definition) is 6. The molecule has 1 N–H and O–H groups in total. The van der Waals surface area contributed by atoms with Crippen molar-refractivity contribution in [2.24, 2.45) is 5.41 Å². The predicted molar refractivity (Wildman–Crippen MR) is 126 cm³/mol. The number of pyridine rings is 1. The number of aromatic nitrogens is 3. The minimum atomic E-state index is -0.594. The van der Waals surface area contributed by atoms with Gasteiger partial charge in [-0.05, 0) is 61.1 Å². The lowest BCUT2D eigenvalue weighted by molar-refractivity contribution is -0.129. The molecule has 1 aliphatic rings. The summed E-state index contributed by atoms with van der Waals surface area (Å²) in [6.45, 7) is 6.35. The van der Waals surface area contributed by atoms with E-state index in [9.17, 15) is 4.79 Å². The van der Waals surface area contributed by atoms with Crippen molar-refractivity contribution in [1.82, 2.24) is 20.3 Å². The van der Waals surface area contributed by atoms with E-state index in [1.54, 1.807) is 19.5 Å². The van der Waals surface area contributed by atoms with Crippen molar-refractivity contribution in [1.29, 1.82) is 0 Å². The van der Waals surface area contributed by atoms with Gasteiger partial charge < -0.3 is 14.8 Å². The van der Waals surface area contributed by atoms with Crippen molar-refractivity contribution in [3.8, 4) is 22.9 Å². The van der Waals surface area contributed by atoms with Crippen LogP contribution in [-0.2, 0) is 11.2 Å². The Bertz CT molecular complexity index is 1100. The van der Waals surface area contributed by atoms with E-state index in [0.717, 1.165) is 35.4 Å². The molecule has 0 unspecified atom stereocenters. The van der Waals surface area contributed by atoms with Crippen LogP contribution in [0.1, 0.15) is 50.9 Å². The number of amides is 1. The van der Waals surface area contributed by atoms with Gasteiger partial charge in [-0.1, -0.05) is 20.8 Å². The van der Waals surface area contributed by atoms with Crippen LogP contribution in [0, 0.1) is 5.41 Å². The summed E-state index contributed by atoms with van der Waals surface area (Å²) in [5.41, 5.74) is 2.87. The third-order valence-electron chi connectivity index (χ3n) is 5.93. The Hall–Kier alpha value is -3.48. The maximum Gasteiger partial charge on any atom is 0.261 e. The summed E-state index contributed by atoms with van der Waals surface area (Å²) in [6.07, 6.45) is 6.92. The molecule has 0 spiro atoms. The minimum absolute atomic E-state index is 0.00658. The van der Waals surface area contributed by atoms with Crippen molar-refractivity contribution >= 4 is 5.91 Å². The third-order valence-corrected chi connectivity index (χ3v) is 5.93. The van der Waals surface area contributed by atoms with E-state index in [4.69, 9.17) is 14.5 Å². The molecule has 1 aromatic carbocycles. The molecule has 2 heterocycles. The SMILES string of the molecule is CC[C@@H](Oc1ccc(OC)cc1)C(=O)N[C@@H]1CC(C)(C)Cc2nc(-c3ccncc3)ncc21. The van der Waals surface area contributed by atoms with Gasteiger partial charge in [-0.25, -0.2) is 9.97 Å². The van der Waals surface area contributed by atoms with Crippen LogP contribution >= 0.6 is 0 Å². The van der Waals surface area contributed by atoms with Crippen LogP contribution in [0.2, 0.25) is 0 Å². The molecule has 7 heteroatoms. The first-order chi connectivity index (χ1) is 15.9. The number of benzene rings is 1. The van der Waals surface area contributed by atoms with E-state index in [1.165, 1.54) is 0 Å². The Kier molecular flexibility index (Phi) is 6.58. The Morgan fingerprint density at radius 1 is 1.15 bits per heavy atom. The second kappa shape index (κ2) is 9.57. The van der Waals surface area contributed by atoms with Gasteiger partial charge in [0.2, 0.25) is 0 Å². The maximum atomic E-state index is 13.2. The van der Waals surface area contributed by atoms with Gasteiger partial charge in [0.15, 0.2) is 11.9 Å². The zero-order chi connectivity index (χ0) is 23.4. The first kappa shape index (κ1) is 22.7. The summed E-state index contributed by atoms with van der Waals surface area (Å²) < 4.78 is 11.2. The topological polar surface area (TPSA) is 86.2 Å². The average molecular weight is 447 g/mol. The van der Waals surface area contributed by atoms with Gasteiger partial charge in [-0.15, -0.1) is 0 Å². The number of methoxy groups -OCH3 is 1. The van der Waals surface area contributed by atoms with Crippen LogP contribution in [0.25, 0.3) is 11.4 Å². The average Bonchev–Trinajstić information content (AvgIpc) is 2.82. The lowest BCUT2D eigenvalue weighted by atomic mass is 9.74. The normalized spacial score (nSPS) is 17.5. The van der Waals surface area contributed by atoms with Gasteiger partial charge in [0.05, 0.1) is 18.8 Å². The van der Waals surface area contributed by atoms with Gasteiger partial charge in [-0.3, -0.25) is 9.78 Å². The number of rotatable bonds is 7. The molecule has 0 radical (unpaired) electrons. The molecular formula is C26H30N4O3. The highest BCUT2D eigenvalue weighted by Gasteiger charge is 2.35. The highest BCUT2D eigenvalue weighted by Crippen LogP contribution is 2.40. The van der Waals surface area contributed by atoms with Gasteiger partial charge in [0.25, 0.3) is 5.91 Å². The second-order valence-electron chi connectivity index (χ2n) is 9.13. The molecule has 0 aliphatic heterocycles. The van der Waals surface area contributed by atoms with Crippen molar-refractivity contribution < 1.29 is 14.3 Å². The lowest BCUT2D eigenvalue weighted by Gasteiger charge is -2.37. The number of carbonyl (C=O) groups excluding carboxylic acids is 1. The fourth-order valence-electron chi connectivity index (χ4n) is 4.22. The van der Waals surface area contributed by atoms with E-state index >= 15 is 0 Å². The number of hydrogen-bond donors (Lipinski definition) is 1. The summed E-state index contributed by atoms with van der Waals surface area (Å²) in [5, 5.41) is 3.21. The molecule has 2 atom stereocenters. The molecule has 0 bridgehead atoms. The Labute approximate surface area is 194 Å². The molecular weight excluding hydrogens is 416 g/mol. The van der Waals surface area contributed by atoms with E-state index < -0.39 is 6.10 Å². The number of fused-ring (bicyclic) bond motifs is 1. The van der Waals surface area contributed by atoms with E-state index in [2.05, 4.69) is 29.1 Å². The lowest BCUT2D eigenvalue weighted by Crippen LogP contribution is -2.43. The largest absolute Gasteiger partial charge is 0.497 e. The Morgan fingerprint density at radius 2 is 1.85 bits per heavy atom. The zero-order valence-corrected chi connectivity index (χ0v) is 19.5. The highest BCUT2D eigenvalue weighted by molar-refractivity contribution is 5.81. The first-order valence-corrected chi connectivity index (χ1v) is 11.3. The van der Waals surface area contributed by atoms with Crippen LogP contribution < -0.4 is 14.8 Å². The summed E-state index contributed by atoms with van der Waals surface area (Å²) in [4.78, 5) is 26.7. The molecule has 2 aromatic heterocycles. The molecule has 1 aliphatic carbocycles. The zero-order valence-electron chi connectivity index (χ0n) is 19.5. The van der Waals surface area contributed by atoms with Gasteiger partial charge in [0, 0.05) is 29.7 Å². The summed E-state index contributed by atoms with van der Waals surface area (Å²) in [6, 6.07) is 10.9. The smallest absolute Gasteiger partial charge is 0.261 e. The Balaban J connectivity index is 1.53. The molecule has 4 rings (SSSR count). The molecule has 1 amide bonds. The van der Waals surface area contributed by atoms with E-state index in [1.807, 2.05) is 49.5 Å². The Morgan fingerprint density at radius 3 is 2.52 bits per heavy atom. The van der Waals surface area contributed by atoms with Crippen molar-refractivity contribution in [2.75, 3.05) is 7.11 Å². The summed E-state index contributed by atoms with van der Waals surface area (Å²) >= 11 is 0. The standard InChI is InChI=1S/C26H30N4O3/c1-5-23(33-19-8-6-18(32-4)7-9-19)25(31)30-22-15-26(2,3)14-21-20(22)16-28-24(29-21)17-10-12-27-13-11-17/h6-13,16,22-23H,5,14-15H2,1-4H3,(H,30,31)/t22-,23-/m1/s1. The molecule has 33 heavy (non-hydrogen) atoms. The fourth-order valence-corrected chi connectivity index (χ4v) is 4.22. The minimum Gasteiger partial charge on any atom is -0.497 e. The number of ether oxygens (including phenoxy) is 2. The summed E-state index contributed by atoms with van der Waals surface area (Å²) in [5.74, 6) is 1.91. The predicted octanol–water partition coefficient (Wildman–Crippen LogP) is 4.53. The number of carbonyl (C=O) groups is 1. The molecule has 3 aromatic rings. The van der Waals surface area contributed by atoms with Crippen LogP contribution in [0.4, 0.5) is 0 Å². The van der Waals surface area contributed by atoms with Crippen molar-refractivity contribution in [3.63, 3.8) is 0 Å². The van der Waals surface area contributed by atoms with Crippen LogP contribution in [0.5, 0.6) is 11.5 Å². The summed E-state index contributed by atoms with van der Waals surface area (Å²) in [7, 11) is 1.62. The molecule has 172 valence electrons. The van der Waals surface area contributed by atoms with Crippen LogP contribution in [0.3, 0.4) is 0 Å². The molecule has 7 nitrogen and oxygen atoms in total. The van der Waals surface area contributed by atoms with E-state index in [0.29, 0.717) is 18.0 Å². The monoisotopic (exact) mass is 446 g/mol. The van der Waals surface area contributed by atoms with Crippen LogP contribution in [-0.4, -0.2) is 34.1 Å². The second-order valence-corrected chi connectivity index (χ2v) is 9.13.